The van der Waals surface area contributed by atoms with Crippen LogP contribution in [0.1, 0.15) is 11.1 Å². The van der Waals surface area contributed by atoms with Gasteiger partial charge in [-0.25, -0.2) is 13.6 Å². The standard InChI is InChI=1S/C15H13BrF2N2O/c1-9-6-11(16)3-5-14(9)20-15(21)19-8-10-2-4-12(17)13(18)7-10/h2-7H,8H2,1H3,(H2,19,20,21). The summed E-state index contributed by atoms with van der Waals surface area (Å²) in [6.07, 6.45) is 0. The SMILES string of the molecule is Cc1cc(Br)ccc1NC(=O)NCc1ccc(F)c(F)c1. The van der Waals surface area contributed by atoms with Crippen molar-refractivity contribution in [1.29, 1.82) is 0 Å². The first-order valence-electron chi connectivity index (χ1n) is 6.20. The Hall–Kier alpha value is -1.95. The summed E-state index contributed by atoms with van der Waals surface area (Å²) < 4.78 is 26.7. The molecule has 0 spiro atoms. The third-order valence-electron chi connectivity index (χ3n) is 2.87. The van der Waals surface area contributed by atoms with E-state index in [1.807, 2.05) is 19.1 Å². The lowest BCUT2D eigenvalue weighted by atomic mass is 10.2. The number of hydrogen-bond acceptors (Lipinski definition) is 1. The highest BCUT2D eigenvalue weighted by atomic mass is 79.9. The maximum atomic E-state index is 13.0. The normalized spacial score (nSPS) is 10.3. The maximum absolute atomic E-state index is 13.0. The van der Waals surface area contributed by atoms with E-state index in [1.165, 1.54) is 6.07 Å². The highest BCUT2D eigenvalue weighted by molar-refractivity contribution is 9.10. The van der Waals surface area contributed by atoms with E-state index in [4.69, 9.17) is 0 Å². The van der Waals surface area contributed by atoms with Gasteiger partial charge >= 0.3 is 6.03 Å². The van der Waals surface area contributed by atoms with E-state index in [2.05, 4.69) is 26.6 Å². The number of carbonyl (C=O) groups excluding carboxylic acids is 1. The van der Waals surface area contributed by atoms with Crippen LogP contribution in [0, 0.1) is 18.6 Å². The van der Waals surface area contributed by atoms with Crippen LogP contribution in [-0.4, -0.2) is 6.03 Å². The van der Waals surface area contributed by atoms with Gasteiger partial charge in [-0.1, -0.05) is 22.0 Å². The Morgan fingerprint density at radius 3 is 2.57 bits per heavy atom. The molecule has 2 aromatic carbocycles. The van der Waals surface area contributed by atoms with Gasteiger partial charge in [0.25, 0.3) is 0 Å². The number of rotatable bonds is 3. The summed E-state index contributed by atoms with van der Waals surface area (Å²) in [4.78, 5) is 11.8. The van der Waals surface area contributed by atoms with Gasteiger partial charge in [0.1, 0.15) is 0 Å². The lowest BCUT2D eigenvalue weighted by Crippen LogP contribution is -2.28. The number of carbonyl (C=O) groups is 1. The zero-order valence-electron chi connectivity index (χ0n) is 11.2. The van der Waals surface area contributed by atoms with Gasteiger partial charge in [0, 0.05) is 16.7 Å². The van der Waals surface area contributed by atoms with Gasteiger partial charge in [0.2, 0.25) is 0 Å². The number of urea groups is 1. The van der Waals surface area contributed by atoms with Crippen LogP contribution in [0.15, 0.2) is 40.9 Å². The first-order valence-corrected chi connectivity index (χ1v) is 7.00. The Balaban J connectivity index is 1.94. The molecule has 0 saturated heterocycles. The van der Waals surface area contributed by atoms with Crippen LogP contribution in [0.4, 0.5) is 19.3 Å². The van der Waals surface area contributed by atoms with E-state index in [1.54, 1.807) is 6.07 Å². The number of nitrogens with one attached hydrogen (secondary N) is 2. The minimum atomic E-state index is -0.932. The molecular formula is C15H13BrF2N2O. The largest absolute Gasteiger partial charge is 0.334 e. The molecule has 0 fully saturated rings. The molecule has 2 N–H and O–H groups in total. The molecule has 0 unspecified atom stereocenters. The molecule has 0 aliphatic rings. The average Bonchev–Trinajstić information content (AvgIpc) is 2.43. The second-order valence-electron chi connectivity index (χ2n) is 4.52. The zero-order valence-corrected chi connectivity index (χ0v) is 12.8. The summed E-state index contributed by atoms with van der Waals surface area (Å²) in [6.45, 7) is 1.98. The fourth-order valence-corrected chi connectivity index (χ4v) is 2.24. The van der Waals surface area contributed by atoms with Crippen molar-refractivity contribution in [2.24, 2.45) is 0 Å². The molecular weight excluding hydrogens is 342 g/mol. The molecule has 0 aliphatic heterocycles. The predicted octanol–water partition coefficient (Wildman–Crippen LogP) is 4.36. The lowest BCUT2D eigenvalue weighted by Gasteiger charge is -2.10. The molecule has 0 aliphatic carbocycles. The molecule has 2 rings (SSSR count). The first kappa shape index (κ1) is 15.4. The summed E-state index contributed by atoms with van der Waals surface area (Å²) in [6, 6.07) is 8.57. The van der Waals surface area contributed by atoms with Gasteiger partial charge in [0.15, 0.2) is 11.6 Å². The van der Waals surface area contributed by atoms with Crippen LogP contribution in [0.2, 0.25) is 0 Å². The van der Waals surface area contributed by atoms with Crippen molar-refractivity contribution in [2.75, 3.05) is 5.32 Å². The van der Waals surface area contributed by atoms with Gasteiger partial charge in [-0.2, -0.15) is 0 Å². The van der Waals surface area contributed by atoms with E-state index < -0.39 is 17.7 Å². The van der Waals surface area contributed by atoms with Crippen molar-refractivity contribution >= 4 is 27.6 Å². The second-order valence-corrected chi connectivity index (χ2v) is 5.43. The van der Waals surface area contributed by atoms with Crippen LogP contribution in [0.5, 0.6) is 0 Å². The molecule has 6 heteroatoms. The molecule has 0 saturated carbocycles. The summed E-state index contributed by atoms with van der Waals surface area (Å²) in [5, 5.41) is 5.28. The summed E-state index contributed by atoms with van der Waals surface area (Å²) in [7, 11) is 0. The van der Waals surface area contributed by atoms with Gasteiger partial charge in [-0.15, -0.1) is 0 Å². The Morgan fingerprint density at radius 2 is 1.90 bits per heavy atom. The van der Waals surface area contributed by atoms with Crippen LogP contribution < -0.4 is 10.6 Å². The Labute approximate surface area is 129 Å². The molecule has 0 bridgehead atoms. The first-order chi connectivity index (χ1) is 9.95. The van der Waals surface area contributed by atoms with Crippen LogP contribution in [-0.2, 0) is 6.54 Å². The monoisotopic (exact) mass is 354 g/mol. The molecule has 0 atom stereocenters. The van der Waals surface area contributed by atoms with Gasteiger partial charge in [-0.05, 0) is 48.4 Å². The van der Waals surface area contributed by atoms with Gasteiger partial charge in [-0.3, -0.25) is 0 Å². The van der Waals surface area contributed by atoms with Crippen molar-refractivity contribution in [2.45, 2.75) is 13.5 Å². The maximum Gasteiger partial charge on any atom is 0.319 e. The summed E-state index contributed by atoms with van der Waals surface area (Å²) >= 11 is 3.34. The summed E-state index contributed by atoms with van der Waals surface area (Å²) in [5.41, 5.74) is 2.07. The van der Waals surface area contributed by atoms with Crippen molar-refractivity contribution in [1.82, 2.24) is 5.32 Å². The van der Waals surface area contributed by atoms with Gasteiger partial charge < -0.3 is 10.6 Å². The van der Waals surface area contributed by atoms with Crippen LogP contribution in [0.3, 0.4) is 0 Å². The quantitative estimate of drug-likeness (QED) is 0.844. The zero-order chi connectivity index (χ0) is 15.4. The van der Waals surface area contributed by atoms with Crippen molar-refractivity contribution in [3.8, 4) is 0 Å². The third kappa shape index (κ3) is 4.26. The fourth-order valence-electron chi connectivity index (χ4n) is 1.77. The minimum Gasteiger partial charge on any atom is -0.334 e. The number of amides is 2. The molecule has 2 aromatic rings. The van der Waals surface area contributed by atoms with E-state index in [0.29, 0.717) is 11.3 Å². The van der Waals surface area contributed by atoms with E-state index in [0.717, 1.165) is 22.2 Å². The number of aryl methyl sites for hydroxylation is 1. The van der Waals surface area contributed by atoms with E-state index in [-0.39, 0.29) is 6.54 Å². The highest BCUT2D eigenvalue weighted by Gasteiger charge is 2.06. The Kier molecular flexibility index (Phi) is 4.90. The number of benzene rings is 2. The lowest BCUT2D eigenvalue weighted by molar-refractivity contribution is 0.251. The third-order valence-corrected chi connectivity index (χ3v) is 3.37. The summed E-state index contributed by atoms with van der Waals surface area (Å²) in [5.74, 6) is -1.84. The predicted molar refractivity (Wildman–Crippen MR) is 81.1 cm³/mol. The molecule has 0 heterocycles. The van der Waals surface area contributed by atoms with Crippen LogP contribution in [0.25, 0.3) is 0 Å². The second kappa shape index (κ2) is 6.67. The topological polar surface area (TPSA) is 41.1 Å². The molecule has 0 radical (unpaired) electrons. The minimum absolute atomic E-state index is 0.110. The highest BCUT2D eigenvalue weighted by Crippen LogP contribution is 2.19. The fraction of sp³-hybridized carbons (Fsp3) is 0.133. The molecule has 2 amide bonds. The molecule has 3 nitrogen and oxygen atoms in total. The molecule has 0 aromatic heterocycles. The molecule has 110 valence electrons. The Morgan fingerprint density at radius 1 is 1.14 bits per heavy atom. The number of anilines is 1. The number of halogens is 3. The number of hydrogen-bond donors (Lipinski definition) is 2. The average molecular weight is 355 g/mol. The van der Waals surface area contributed by atoms with Crippen LogP contribution >= 0.6 is 15.9 Å². The van der Waals surface area contributed by atoms with Crippen molar-refractivity contribution in [3.05, 3.63) is 63.6 Å². The van der Waals surface area contributed by atoms with Crippen molar-refractivity contribution < 1.29 is 13.6 Å². The van der Waals surface area contributed by atoms with E-state index >= 15 is 0 Å². The van der Waals surface area contributed by atoms with Crippen molar-refractivity contribution in [3.63, 3.8) is 0 Å². The molecule has 21 heavy (non-hydrogen) atoms. The van der Waals surface area contributed by atoms with Gasteiger partial charge in [0.05, 0.1) is 0 Å². The van der Waals surface area contributed by atoms with E-state index in [9.17, 15) is 13.6 Å². The Bertz CT molecular complexity index is 677. The smallest absolute Gasteiger partial charge is 0.319 e.